The highest BCUT2D eigenvalue weighted by atomic mass is 16.3. The third kappa shape index (κ3) is 3.92. The Bertz CT molecular complexity index is 475. The molecule has 1 atom stereocenters. The van der Waals surface area contributed by atoms with Gasteiger partial charge in [0.15, 0.2) is 0 Å². The molecule has 0 bridgehead atoms. The molecule has 1 heterocycles. The summed E-state index contributed by atoms with van der Waals surface area (Å²) in [4.78, 5) is 11.8. The maximum Gasteiger partial charge on any atom is 0.244 e. The lowest BCUT2D eigenvalue weighted by atomic mass is 10.1. The number of nitrogens with zero attached hydrogens (tertiary/aromatic N) is 2. The Hall–Kier alpha value is -1.62. The summed E-state index contributed by atoms with van der Waals surface area (Å²) in [6.07, 6.45) is 3.25. The van der Waals surface area contributed by atoms with Crippen LogP contribution in [0.15, 0.2) is 6.08 Å². The van der Waals surface area contributed by atoms with E-state index in [2.05, 4.69) is 10.4 Å². The molecule has 19 heavy (non-hydrogen) atoms. The van der Waals surface area contributed by atoms with Gasteiger partial charge in [-0.2, -0.15) is 5.10 Å². The summed E-state index contributed by atoms with van der Waals surface area (Å²) < 4.78 is 1.79. The van der Waals surface area contributed by atoms with E-state index < -0.39 is 0 Å². The maximum absolute atomic E-state index is 11.8. The van der Waals surface area contributed by atoms with Crippen LogP contribution >= 0.6 is 0 Å². The van der Waals surface area contributed by atoms with Crippen molar-refractivity contribution in [1.29, 1.82) is 0 Å². The molecule has 1 amide bonds. The van der Waals surface area contributed by atoms with Gasteiger partial charge < -0.3 is 10.4 Å². The van der Waals surface area contributed by atoms with E-state index in [0.717, 1.165) is 17.0 Å². The van der Waals surface area contributed by atoms with Crippen LogP contribution < -0.4 is 5.32 Å². The van der Waals surface area contributed by atoms with E-state index in [1.807, 2.05) is 34.7 Å². The van der Waals surface area contributed by atoms with Gasteiger partial charge in [0.1, 0.15) is 0 Å². The molecule has 1 aromatic rings. The quantitative estimate of drug-likeness (QED) is 0.786. The average molecular weight is 265 g/mol. The average Bonchev–Trinajstić information content (AvgIpc) is 2.58. The highest BCUT2D eigenvalue weighted by Crippen LogP contribution is 2.13. The summed E-state index contributed by atoms with van der Waals surface area (Å²) in [5.74, 6) is -0.000354. The standard InChI is InChI=1S/C14H23N3O2/c1-9(2)13(8-18)15-14(19)7-6-12-10(3)16-17(5)11(12)4/h6-7,9,13,18H,8H2,1-5H3,(H,15,19)/t13-/m1/s1. The van der Waals surface area contributed by atoms with Gasteiger partial charge in [0.2, 0.25) is 5.91 Å². The highest BCUT2D eigenvalue weighted by Gasteiger charge is 2.13. The molecule has 0 spiro atoms. The normalized spacial score (nSPS) is 13.2. The molecule has 106 valence electrons. The van der Waals surface area contributed by atoms with Crippen LogP contribution in [0.4, 0.5) is 0 Å². The van der Waals surface area contributed by atoms with Crippen LogP contribution in [0.1, 0.15) is 30.8 Å². The fourth-order valence-electron chi connectivity index (χ4n) is 1.84. The predicted octanol–water partition coefficient (Wildman–Crippen LogP) is 1.18. The van der Waals surface area contributed by atoms with Crippen LogP contribution in [-0.2, 0) is 11.8 Å². The molecule has 0 saturated carbocycles. The second-order valence-electron chi connectivity index (χ2n) is 5.08. The van der Waals surface area contributed by atoms with Gasteiger partial charge in [0.25, 0.3) is 0 Å². The van der Waals surface area contributed by atoms with Crippen molar-refractivity contribution < 1.29 is 9.90 Å². The molecule has 0 unspecified atom stereocenters. The second kappa shape index (κ2) is 6.52. The van der Waals surface area contributed by atoms with Crippen molar-refractivity contribution in [3.05, 3.63) is 23.0 Å². The molecule has 0 fully saturated rings. The number of amides is 1. The van der Waals surface area contributed by atoms with Gasteiger partial charge in [-0.15, -0.1) is 0 Å². The minimum absolute atomic E-state index is 0.0534. The number of carbonyl (C=O) groups excluding carboxylic acids is 1. The monoisotopic (exact) mass is 265 g/mol. The minimum Gasteiger partial charge on any atom is -0.394 e. The first-order valence-corrected chi connectivity index (χ1v) is 6.46. The third-order valence-corrected chi connectivity index (χ3v) is 3.30. The van der Waals surface area contributed by atoms with Gasteiger partial charge in [-0.3, -0.25) is 9.48 Å². The third-order valence-electron chi connectivity index (χ3n) is 3.30. The Morgan fingerprint density at radius 2 is 2.11 bits per heavy atom. The number of hydrogen-bond donors (Lipinski definition) is 2. The fraction of sp³-hybridized carbons (Fsp3) is 0.571. The van der Waals surface area contributed by atoms with E-state index in [9.17, 15) is 4.79 Å². The molecule has 0 aliphatic carbocycles. The van der Waals surface area contributed by atoms with Crippen LogP contribution in [0.3, 0.4) is 0 Å². The van der Waals surface area contributed by atoms with Gasteiger partial charge in [-0.05, 0) is 25.8 Å². The Kier molecular flexibility index (Phi) is 5.30. The number of aliphatic hydroxyl groups excluding tert-OH is 1. The topological polar surface area (TPSA) is 67.2 Å². The molecule has 2 N–H and O–H groups in total. The van der Waals surface area contributed by atoms with E-state index >= 15 is 0 Å². The molecule has 1 aromatic heterocycles. The van der Waals surface area contributed by atoms with Gasteiger partial charge in [0, 0.05) is 24.4 Å². The molecule has 5 nitrogen and oxygen atoms in total. The van der Waals surface area contributed by atoms with E-state index in [0.29, 0.717) is 0 Å². The molecule has 1 rings (SSSR count). The van der Waals surface area contributed by atoms with Gasteiger partial charge in [-0.25, -0.2) is 0 Å². The van der Waals surface area contributed by atoms with Crippen molar-refractivity contribution in [3.8, 4) is 0 Å². The minimum atomic E-state index is -0.215. The summed E-state index contributed by atoms with van der Waals surface area (Å²) in [6.45, 7) is 7.74. The molecule has 0 aliphatic rings. The van der Waals surface area contributed by atoms with E-state index in [1.165, 1.54) is 6.08 Å². The largest absolute Gasteiger partial charge is 0.394 e. The number of aryl methyl sites for hydroxylation is 2. The maximum atomic E-state index is 11.8. The Morgan fingerprint density at radius 3 is 2.53 bits per heavy atom. The van der Waals surface area contributed by atoms with E-state index in [4.69, 9.17) is 5.11 Å². The van der Waals surface area contributed by atoms with E-state index in [1.54, 1.807) is 10.8 Å². The molecule has 0 radical (unpaired) electrons. The summed E-state index contributed by atoms with van der Waals surface area (Å²) in [7, 11) is 1.88. The highest BCUT2D eigenvalue weighted by molar-refractivity contribution is 5.92. The summed E-state index contributed by atoms with van der Waals surface area (Å²) >= 11 is 0. The Balaban J connectivity index is 2.73. The van der Waals surface area contributed by atoms with Crippen molar-refractivity contribution in [2.45, 2.75) is 33.7 Å². The zero-order valence-corrected chi connectivity index (χ0v) is 12.3. The van der Waals surface area contributed by atoms with Gasteiger partial charge >= 0.3 is 0 Å². The lowest BCUT2D eigenvalue weighted by Gasteiger charge is -2.18. The van der Waals surface area contributed by atoms with Crippen molar-refractivity contribution in [2.75, 3.05) is 6.61 Å². The van der Waals surface area contributed by atoms with Crippen LogP contribution in [0.5, 0.6) is 0 Å². The lowest BCUT2D eigenvalue weighted by molar-refractivity contribution is -0.117. The fourth-order valence-corrected chi connectivity index (χ4v) is 1.84. The number of carbonyl (C=O) groups is 1. The van der Waals surface area contributed by atoms with Crippen LogP contribution in [0.25, 0.3) is 6.08 Å². The first kappa shape index (κ1) is 15.4. The van der Waals surface area contributed by atoms with E-state index in [-0.39, 0.29) is 24.5 Å². The zero-order valence-electron chi connectivity index (χ0n) is 12.3. The van der Waals surface area contributed by atoms with Crippen molar-refractivity contribution in [1.82, 2.24) is 15.1 Å². The SMILES string of the molecule is Cc1nn(C)c(C)c1C=CC(=O)N[C@H](CO)C(C)C. The second-order valence-corrected chi connectivity index (χ2v) is 5.08. The predicted molar refractivity (Wildman–Crippen MR) is 75.6 cm³/mol. The zero-order chi connectivity index (χ0) is 14.6. The number of hydrogen-bond acceptors (Lipinski definition) is 3. The number of aromatic nitrogens is 2. The van der Waals surface area contributed by atoms with Gasteiger partial charge in [-0.1, -0.05) is 13.8 Å². The molecular weight excluding hydrogens is 242 g/mol. The molecule has 0 aromatic carbocycles. The summed E-state index contributed by atoms with van der Waals surface area (Å²) in [6, 6.07) is -0.215. The van der Waals surface area contributed by atoms with Crippen LogP contribution in [0, 0.1) is 19.8 Å². The van der Waals surface area contributed by atoms with Crippen molar-refractivity contribution in [3.63, 3.8) is 0 Å². The summed E-state index contributed by atoms with van der Waals surface area (Å²) in [5.41, 5.74) is 2.87. The molecule has 0 saturated heterocycles. The van der Waals surface area contributed by atoms with Crippen molar-refractivity contribution in [2.24, 2.45) is 13.0 Å². The molecular formula is C14H23N3O2. The smallest absolute Gasteiger partial charge is 0.244 e. The Morgan fingerprint density at radius 1 is 1.47 bits per heavy atom. The summed E-state index contributed by atoms with van der Waals surface area (Å²) in [5, 5.41) is 16.2. The lowest BCUT2D eigenvalue weighted by Crippen LogP contribution is -2.40. The molecule has 0 aliphatic heterocycles. The number of nitrogens with one attached hydrogen (secondary N) is 1. The van der Waals surface area contributed by atoms with Gasteiger partial charge in [0.05, 0.1) is 18.3 Å². The first-order valence-electron chi connectivity index (χ1n) is 6.46. The number of aliphatic hydroxyl groups is 1. The molecule has 5 heteroatoms. The van der Waals surface area contributed by atoms with Crippen LogP contribution in [-0.4, -0.2) is 33.4 Å². The number of rotatable bonds is 5. The van der Waals surface area contributed by atoms with Crippen molar-refractivity contribution >= 4 is 12.0 Å². The van der Waals surface area contributed by atoms with Crippen LogP contribution in [0.2, 0.25) is 0 Å². The first-order chi connectivity index (χ1) is 8.86. The Labute approximate surface area is 114 Å².